The summed E-state index contributed by atoms with van der Waals surface area (Å²) in [5, 5.41) is 2.26. The number of benzene rings is 6. The van der Waals surface area contributed by atoms with Gasteiger partial charge in [-0.05, 0) is 146 Å². The van der Waals surface area contributed by atoms with Crippen molar-refractivity contribution in [1.29, 1.82) is 0 Å². The molecule has 0 fully saturated rings. The molecule has 10 rings (SSSR count). The van der Waals surface area contributed by atoms with Crippen LogP contribution in [0, 0.1) is 0 Å². The maximum absolute atomic E-state index is 5.22. The van der Waals surface area contributed by atoms with Crippen LogP contribution < -0.4 is 0 Å². The highest BCUT2D eigenvalue weighted by molar-refractivity contribution is 8.16. The minimum atomic E-state index is -0.446. The molecule has 0 unspecified atom stereocenters. The highest BCUT2D eigenvalue weighted by Gasteiger charge is 2.52. The van der Waals surface area contributed by atoms with Gasteiger partial charge in [-0.25, -0.2) is 0 Å². The van der Waals surface area contributed by atoms with E-state index in [-0.39, 0.29) is 20.6 Å². The van der Waals surface area contributed by atoms with E-state index < -0.39 is 5.41 Å². The van der Waals surface area contributed by atoms with Gasteiger partial charge < -0.3 is 0 Å². The van der Waals surface area contributed by atoms with E-state index >= 15 is 0 Å². The van der Waals surface area contributed by atoms with Crippen LogP contribution in [0.4, 0.5) is 0 Å². The second kappa shape index (κ2) is 11.7. The second-order valence-corrected chi connectivity index (χ2v) is 20.9. The first kappa shape index (κ1) is 34.8. The Morgan fingerprint density at radius 3 is 1.11 bits per heavy atom. The summed E-state index contributed by atoms with van der Waals surface area (Å²) in [5.74, 6) is 0. The predicted octanol–water partition coefficient (Wildman–Crippen LogP) is 13.5. The highest BCUT2D eigenvalue weighted by Crippen LogP contribution is 2.63. The van der Waals surface area contributed by atoms with Gasteiger partial charge in [0.25, 0.3) is 0 Å². The van der Waals surface area contributed by atoms with Crippen LogP contribution >= 0.6 is 23.5 Å². The van der Waals surface area contributed by atoms with E-state index in [1.165, 1.54) is 77.9 Å². The Morgan fingerprint density at radius 2 is 0.709 bits per heavy atom. The predicted molar refractivity (Wildman–Crippen MR) is 238 cm³/mol. The topological polar surface area (TPSA) is 24.7 Å². The molecule has 0 bridgehead atoms. The molecule has 0 radical (unpaired) electrons. The molecule has 4 heteroatoms. The smallest absolute Gasteiger partial charge is 0.0990 e. The molecule has 0 aromatic heterocycles. The van der Waals surface area contributed by atoms with Crippen LogP contribution in [-0.2, 0) is 5.41 Å². The lowest BCUT2D eigenvalue weighted by Crippen LogP contribution is -2.36. The lowest BCUT2D eigenvalue weighted by molar-refractivity contribution is 0.426. The number of hydrogen-bond donors (Lipinski definition) is 0. The quantitative estimate of drug-likeness (QED) is 0.179. The lowest BCUT2D eigenvalue weighted by atomic mass is 9.70. The molecule has 1 spiro atoms. The van der Waals surface area contributed by atoms with Crippen LogP contribution in [0.25, 0.3) is 44.5 Å². The molecule has 272 valence electrons. The van der Waals surface area contributed by atoms with Gasteiger partial charge >= 0.3 is 0 Å². The van der Waals surface area contributed by atoms with E-state index in [1.807, 2.05) is 23.5 Å². The van der Waals surface area contributed by atoms with Crippen molar-refractivity contribution in [3.63, 3.8) is 0 Å². The van der Waals surface area contributed by atoms with Crippen LogP contribution in [-0.4, -0.2) is 30.7 Å². The van der Waals surface area contributed by atoms with Crippen LogP contribution in [0.5, 0.6) is 0 Å². The average Bonchev–Trinajstić information content (AvgIpc) is 3.79. The molecule has 2 heterocycles. The Labute approximate surface area is 334 Å². The fourth-order valence-corrected chi connectivity index (χ4v) is 11.6. The molecule has 2 aliphatic heterocycles. The molecule has 0 N–H and O–H groups in total. The van der Waals surface area contributed by atoms with E-state index in [0.717, 1.165) is 10.1 Å². The summed E-state index contributed by atoms with van der Waals surface area (Å²) in [6.45, 7) is 18.2. The van der Waals surface area contributed by atoms with E-state index in [2.05, 4.69) is 189 Å². The first-order chi connectivity index (χ1) is 26.2. The van der Waals surface area contributed by atoms with Gasteiger partial charge in [0, 0.05) is 20.6 Å². The van der Waals surface area contributed by atoms with Crippen molar-refractivity contribution in [3.05, 3.63) is 167 Å². The van der Waals surface area contributed by atoms with Gasteiger partial charge in [-0.3, -0.25) is 9.98 Å². The van der Waals surface area contributed by atoms with Crippen molar-refractivity contribution in [3.8, 4) is 44.5 Å². The van der Waals surface area contributed by atoms with Crippen molar-refractivity contribution >= 4 is 33.6 Å². The fraction of sp³-hybridized carbons (Fsp3) is 0.255. The number of aliphatic imine (C=N–C) groups is 2. The number of thioether (sulfide) groups is 2. The zero-order chi connectivity index (χ0) is 38.1. The molecule has 6 aromatic rings. The monoisotopic (exact) mass is 750 g/mol. The molecule has 55 heavy (non-hydrogen) atoms. The summed E-state index contributed by atoms with van der Waals surface area (Å²) >= 11 is 3.79. The van der Waals surface area contributed by atoms with Crippen molar-refractivity contribution in [2.75, 3.05) is 0 Å². The number of hydrogen-bond acceptors (Lipinski definition) is 4. The van der Waals surface area contributed by atoms with E-state index in [9.17, 15) is 0 Å². The van der Waals surface area contributed by atoms with Crippen molar-refractivity contribution in [2.24, 2.45) is 9.98 Å². The summed E-state index contributed by atoms with van der Waals surface area (Å²) in [4.78, 5) is 10.4. The Balaban J connectivity index is 1.15. The minimum Gasteiger partial charge on any atom is -0.270 e. The minimum absolute atomic E-state index is 0.0327. The molecule has 0 saturated carbocycles. The SMILES string of the molecule is CC1(C)N=C(c2cccc(-c3ccc4c(c3)C3(c5ccccc5-c5ccccc53)c3cc(-c5cccc(C6=NC(C)(C)C(C)(C)S6)c5)ccc3-4)c2)SC1(C)C. The van der Waals surface area contributed by atoms with Crippen LogP contribution in [0.3, 0.4) is 0 Å². The fourth-order valence-electron chi connectivity index (χ4n) is 8.96. The summed E-state index contributed by atoms with van der Waals surface area (Å²) < 4.78 is 0.0654. The zero-order valence-electron chi connectivity index (χ0n) is 32.9. The van der Waals surface area contributed by atoms with Crippen LogP contribution in [0.2, 0.25) is 0 Å². The number of nitrogens with zero attached hydrogens (tertiary/aromatic N) is 2. The Bertz CT molecular complexity index is 2490. The number of rotatable bonds is 4. The van der Waals surface area contributed by atoms with Crippen molar-refractivity contribution < 1.29 is 0 Å². The van der Waals surface area contributed by atoms with Gasteiger partial charge in [-0.1, -0.05) is 133 Å². The summed E-state index contributed by atoms with van der Waals surface area (Å²) in [6.07, 6.45) is 0. The Kier molecular flexibility index (Phi) is 7.40. The Hall–Kier alpha value is -4.64. The standard InChI is InChI=1S/C51H46N2S2/c1-47(2)49(5,6)54-45(52-47)35-17-13-15-31(27-35)33-23-25-39-40-26-24-34(32-16-14-18-36(28-32)46-53-48(3,4)50(7,8)55-46)30-44(40)51(43(39)29-33)41-21-11-9-19-37(41)38-20-10-12-22-42(38)51/h9-30H,1-8H3. The normalized spacial score (nSPS) is 19.7. The first-order valence-electron chi connectivity index (χ1n) is 19.5. The Morgan fingerprint density at radius 1 is 0.345 bits per heavy atom. The molecular formula is C51H46N2S2. The lowest BCUT2D eigenvalue weighted by Gasteiger charge is -2.31. The third-order valence-corrected chi connectivity index (χ3v) is 16.4. The van der Waals surface area contributed by atoms with Crippen LogP contribution in [0.15, 0.2) is 143 Å². The molecule has 0 saturated heterocycles. The van der Waals surface area contributed by atoms with Gasteiger partial charge in [0.1, 0.15) is 0 Å². The highest BCUT2D eigenvalue weighted by atomic mass is 32.2. The van der Waals surface area contributed by atoms with Gasteiger partial charge in [0.2, 0.25) is 0 Å². The molecule has 2 nitrogen and oxygen atoms in total. The summed E-state index contributed by atoms with van der Waals surface area (Å²) in [5.41, 5.74) is 17.2. The summed E-state index contributed by atoms with van der Waals surface area (Å²) in [7, 11) is 0. The third-order valence-electron chi connectivity index (χ3n) is 13.4. The first-order valence-corrected chi connectivity index (χ1v) is 21.1. The summed E-state index contributed by atoms with van der Waals surface area (Å²) in [6, 6.07) is 50.6. The van der Waals surface area contributed by atoms with Gasteiger partial charge in [-0.15, -0.1) is 0 Å². The van der Waals surface area contributed by atoms with E-state index in [4.69, 9.17) is 9.98 Å². The average molecular weight is 751 g/mol. The molecule has 0 atom stereocenters. The largest absolute Gasteiger partial charge is 0.270 e. The van der Waals surface area contributed by atoms with Crippen molar-refractivity contribution in [2.45, 2.75) is 81.4 Å². The molecule has 2 aliphatic carbocycles. The zero-order valence-corrected chi connectivity index (χ0v) is 34.5. The van der Waals surface area contributed by atoms with E-state index in [1.54, 1.807) is 0 Å². The molecule has 4 aliphatic rings. The van der Waals surface area contributed by atoms with Crippen LogP contribution in [0.1, 0.15) is 88.8 Å². The maximum Gasteiger partial charge on any atom is 0.0990 e. The van der Waals surface area contributed by atoms with Gasteiger partial charge in [-0.2, -0.15) is 0 Å². The van der Waals surface area contributed by atoms with Crippen molar-refractivity contribution in [1.82, 2.24) is 0 Å². The molecule has 6 aromatic carbocycles. The maximum atomic E-state index is 5.22. The molecular weight excluding hydrogens is 705 g/mol. The van der Waals surface area contributed by atoms with E-state index in [0.29, 0.717) is 0 Å². The number of fused-ring (bicyclic) bond motifs is 10. The molecule has 0 amide bonds. The van der Waals surface area contributed by atoms with Gasteiger partial charge in [0.15, 0.2) is 0 Å². The van der Waals surface area contributed by atoms with Gasteiger partial charge in [0.05, 0.1) is 26.6 Å². The third kappa shape index (κ3) is 4.96. The second-order valence-electron chi connectivity index (χ2n) is 17.7.